The molecule has 4 nitrogen and oxygen atoms in total. The lowest BCUT2D eigenvalue weighted by Gasteiger charge is -2.38. The maximum absolute atomic E-state index is 11.9. The van der Waals surface area contributed by atoms with Crippen LogP contribution < -0.4 is 10.2 Å². The van der Waals surface area contributed by atoms with Crippen LogP contribution in [0, 0.1) is 0 Å². The molecule has 5 heteroatoms. The van der Waals surface area contributed by atoms with Gasteiger partial charge in [-0.15, -0.1) is 0 Å². The molecule has 0 spiro atoms. The fourth-order valence-corrected chi connectivity index (χ4v) is 3.13. The van der Waals surface area contributed by atoms with E-state index in [9.17, 15) is 4.79 Å². The molecule has 1 aliphatic rings. The van der Waals surface area contributed by atoms with E-state index in [1.165, 1.54) is 0 Å². The van der Waals surface area contributed by atoms with Gasteiger partial charge in [-0.05, 0) is 43.7 Å². The van der Waals surface area contributed by atoms with Gasteiger partial charge in [0.1, 0.15) is 5.82 Å². The van der Waals surface area contributed by atoms with Crippen LogP contribution in [0.5, 0.6) is 0 Å². The van der Waals surface area contributed by atoms with Crippen LogP contribution >= 0.6 is 11.6 Å². The Bertz CT molecular complexity index is 687. The Kier molecular flexibility index (Phi) is 4.03. The second-order valence-corrected chi connectivity index (χ2v) is 6.03. The van der Waals surface area contributed by atoms with Crippen LogP contribution in [0.4, 0.5) is 11.5 Å². The molecule has 22 heavy (non-hydrogen) atoms. The third-order valence-electron chi connectivity index (χ3n) is 3.96. The lowest BCUT2D eigenvalue weighted by molar-refractivity contribution is -0.117. The summed E-state index contributed by atoms with van der Waals surface area (Å²) in [6, 6.07) is 11.8. The first-order chi connectivity index (χ1) is 10.6. The van der Waals surface area contributed by atoms with E-state index in [0.29, 0.717) is 5.02 Å². The van der Waals surface area contributed by atoms with Gasteiger partial charge >= 0.3 is 0 Å². The van der Waals surface area contributed by atoms with Gasteiger partial charge in [-0.2, -0.15) is 0 Å². The van der Waals surface area contributed by atoms with Crippen molar-refractivity contribution in [1.82, 2.24) is 4.98 Å². The number of rotatable bonds is 2. The van der Waals surface area contributed by atoms with Crippen LogP contribution in [-0.4, -0.2) is 16.9 Å². The quantitative estimate of drug-likeness (QED) is 0.910. The molecule has 2 aromatic rings. The SMILES string of the molecule is CC(=O)N1c2ncccc2[C@H](Nc2ccc(Cl)cc2)C[C@@H]1C. The van der Waals surface area contributed by atoms with E-state index in [2.05, 4.69) is 17.2 Å². The first kappa shape index (κ1) is 14.9. The van der Waals surface area contributed by atoms with Gasteiger partial charge in [0, 0.05) is 35.4 Å². The smallest absolute Gasteiger partial charge is 0.225 e. The minimum Gasteiger partial charge on any atom is -0.378 e. The third kappa shape index (κ3) is 2.79. The van der Waals surface area contributed by atoms with Crippen LogP contribution in [0.3, 0.4) is 0 Å². The van der Waals surface area contributed by atoms with Gasteiger partial charge in [0.2, 0.25) is 5.91 Å². The van der Waals surface area contributed by atoms with Crippen LogP contribution in [0.1, 0.15) is 31.9 Å². The van der Waals surface area contributed by atoms with E-state index in [-0.39, 0.29) is 18.0 Å². The summed E-state index contributed by atoms with van der Waals surface area (Å²) in [7, 11) is 0. The highest BCUT2D eigenvalue weighted by atomic mass is 35.5. The standard InChI is InChI=1S/C17H18ClN3O/c1-11-10-16(20-14-7-5-13(18)6-8-14)15-4-3-9-19-17(15)21(11)12(2)22/h3-9,11,16,20H,10H2,1-2H3/t11-,16+/m0/s1. The molecule has 0 saturated carbocycles. The minimum atomic E-state index is 0.0254. The number of pyridine rings is 1. The Morgan fingerprint density at radius 3 is 2.73 bits per heavy atom. The number of anilines is 2. The zero-order chi connectivity index (χ0) is 15.7. The third-order valence-corrected chi connectivity index (χ3v) is 4.21. The van der Waals surface area contributed by atoms with Crippen molar-refractivity contribution >= 4 is 29.0 Å². The summed E-state index contributed by atoms with van der Waals surface area (Å²) in [4.78, 5) is 18.1. The summed E-state index contributed by atoms with van der Waals surface area (Å²) in [5.74, 6) is 0.776. The zero-order valence-corrected chi connectivity index (χ0v) is 13.3. The van der Waals surface area contributed by atoms with E-state index >= 15 is 0 Å². The predicted octanol–water partition coefficient (Wildman–Crippen LogP) is 4.03. The number of amides is 1. The number of carbonyl (C=O) groups is 1. The van der Waals surface area contributed by atoms with Gasteiger partial charge in [-0.3, -0.25) is 9.69 Å². The number of aromatic nitrogens is 1. The molecule has 3 rings (SSSR count). The molecule has 0 fully saturated rings. The maximum atomic E-state index is 11.9. The van der Waals surface area contributed by atoms with E-state index in [4.69, 9.17) is 11.6 Å². The fourth-order valence-electron chi connectivity index (χ4n) is 3.01. The van der Waals surface area contributed by atoms with Crippen molar-refractivity contribution in [3.05, 3.63) is 53.2 Å². The van der Waals surface area contributed by atoms with Gasteiger partial charge in [0.25, 0.3) is 0 Å². The number of benzene rings is 1. The van der Waals surface area contributed by atoms with Gasteiger partial charge in [-0.25, -0.2) is 4.98 Å². The second kappa shape index (κ2) is 5.97. The maximum Gasteiger partial charge on any atom is 0.225 e. The molecular weight excluding hydrogens is 298 g/mol. The summed E-state index contributed by atoms with van der Waals surface area (Å²) in [6.45, 7) is 3.64. The van der Waals surface area contributed by atoms with E-state index < -0.39 is 0 Å². The largest absolute Gasteiger partial charge is 0.378 e. The molecule has 0 aliphatic carbocycles. The molecule has 1 aromatic heterocycles. The van der Waals surface area contributed by atoms with Crippen molar-refractivity contribution in [3.8, 4) is 0 Å². The van der Waals surface area contributed by atoms with E-state index in [1.807, 2.05) is 36.4 Å². The normalized spacial score (nSPS) is 20.4. The van der Waals surface area contributed by atoms with Crippen molar-refractivity contribution in [2.24, 2.45) is 0 Å². The molecule has 1 aliphatic heterocycles. The van der Waals surface area contributed by atoms with Crippen LogP contribution in [0.25, 0.3) is 0 Å². The number of nitrogens with one attached hydrogen (secondary N) is 1. The molecule has 2 heterocycles. The highest BCUT2D eigenvalue weighted by molar-refractivity contribution is 6.30. The number of hydrogen-bond acceptors (Lipinski definition) is 3. The molecule has 1 aromatic carbocycles. The van der Waals surface area contributed by atoms with Crippen molar-refractivity contribution < 1.29 is 4.79 Å². The molecule has 0 bridgehead atoms. The second-order valence-electron chi connectivity index (χ2n) is 5.59. The van der Waals surface area contributed by atoms with Gasteiger partial charge in [0.15, 0.2) is 0 Å². The summed E-state index contributed by atoms with van der Waals surface area (Å²) in [6.07, 6.45) is 2.56. The monoisotopic (exact) mass is 315 g/mol. The van der Waals surface area contributed by atoms with E-state index in [0.717, 1.165) is 23.5 Å². The minimum absolute atomic E-state index is 0.0254. The average Bonchev–Trinajstić information content (AvgIpc) is 2.49. The fraction of sp³-hybridized carbons (Fsp3) is 0.294. The molecule has 0 radical (unpaired) electrons. The van der Waals surface area contributed by atoms with Crippen molar-refractivity contribution in [2.45, 2.75) is 32.4 Å². The summed E-state index contributed by atoms with van der Waals surface area (Å²) in [5.41, 5.74) is 2.05. The topological polar surface area (TPSA) is 45.2 Å². The number of halogens is 1. The molecular formula is C17H18ClN3O. The zero-order valence-electron chi connectivity index (χ0n) is 12.6. The first-order valence-corrected chi connectivity index (χ1v) is 7.71. The number of fused-ring (bicyclic) bond motifs is 1. The summed E-state index contributed by atoms with van der Waals surface area (Å²) >= 11 is 5.93. The molecule has 114 valence electrons. The van der Waals surface area contributed by atoms with Crippen LogP contribution in [0.15, 0.2) is 42.6 Å². The summed E-state index contributed by atoms with van der Waals surface area (Å²) in [5, 5.41) is 4.23. The number of carbonyl (C=O) groups excluding carboxylic acids is 1. The molecule has 0 unspecified atom stereocenters. The Morgan fingerprint density at radius 2 is 2.05 bits per heavy atom. The Morgan fingerprint density at radius 1 is 1.32 bits per heavy atom. The van der Waals surface area contributed by atoms with Crippen molar-refractivity contribution in [3.63, 3.8) is 0 Å². The average molecular weight is 316 g/mol. The molecule has 1 N–H and O–H groups in total. The molecule has 0 saturated heterocycles. The highest BCUT2D eigenvalue weighted by Gasteiger charge is 2.33. The molecule has 1 amide bonds. The Hall–Kier alpha value is -2.07. The number of hydrogen-bond donors (Lipinski definition) is 1. The van der Waals surface area contributed by atoms with Crippen LogP contribution in [0.2, 0.25) is 5.02 Å². The van der Waals surface area contributed by atoms with Gasteiger partial charge < -0.3 is 5.32 Å². The Balaban J connectivity index is 1.94. The number of nitrogens with zero attached hydrogens (tertiary/aromatic N) is 2. The Labute approximate surface area is 135 Å². The van der Waals surface area contributed by atoms with Crippen LogP contribution in [-0.2, 0) is 4.79 Å². The lowest BCUT2D eigenvalue weighted by Crippen LogP contribution is -2.43. The van der Waals surface area contributed by atoms with Crippen molar-refractivity contribution in [1.29, 1.82) is 0 Å². The van der Waals surface area contributed by atoms with Crippen molar-refractivity contribution in [2.75, 3.05) is 10.2 Å². The lowest BCUT2D eigenvalue weighted by atomic mass is 9.94. The van der Waals surface area contributed by atoms with Gasteiger partial charge in [-0.1, -0.05) is 17.7 Å². The first-order valence-electron chi connectivity index (χ1n) is 7.33. The predicted molar refractivity (Wildman–Crippen MR) is 89.3 cm³/mol. The summed E-state index contributed by atoms with van der Waals surface area (Å²) < 4.78 is 0. The van der Waals surface area contributed by atoms with Gasteiger partial charge in [0.05, 0.1) is 6.04 Å². The van der Waals surface area contributed by atoms with E-state index in [1.54, 1.807) is 18.0 Å². The molecule has 2 atom stereocenters. The highest BCUT2D eigenvalue weighted by Crippen LogP contribution is 2.37.